The minimum Gasteiger partial charge on any atom is -0.384 e. The summed E-state index contributed by atoms with van der Waals surface area (Å²) in [7, 11) is 1.77. The van der Waals surface area contributed by atoms with Crippen LogP contribution in [0.1, 0.15) is 21.5 Å². The maximum absolute atomic E-state index is 11.8. The summed E-state index contributed by atoms with van der Waals surface area (Å²) in [6, 6.07) is 7.50. The summed E-state index contributed by atoms with van der Waals surface area (Å²) >= 11 is 0. The first-order chi connectivity index (χ1) is 9.69. The van der Waals surface area contributed by atoms with Gasteiger partial charge in [-0.2, -0.15) is 5.10 Å². The highest BCUT2D eigenvalue weighted by molar-refractivity contribution is 5.93. The predicted octanol–water partition coefficient (Wildman–Crippen LogP) is 0.694. The number of hydrogen-bond acceptors (Lipinski definition) is 3. The van der Waals surface area contributed by atoms with Crippen LogP contribution in [0.4, 0.5) is 0 Å². The van der Waals surface area contributed by atoms with Crippen LogP contribution >= 0.6 is 0 Å². The van der Waals surface area contributed by atoms with E-state index in [-0.39, 0.29) is 12.5 Å². The van der Waals surface area contributed by atoms with E-state index in [2.05, 4.69) is 22.3 Å². The Labute approximate surface area is 117 Å². The fourth-order valence-corrected chi connectivity index (χ4v) is 1.67. The number of aliphatic hydroxyl groups is 1. The van der Waals surface area contributed by atoms with Gasteiger partial charge in [0.2, 0.25) is 0 Å². The van der Waals surface area contributed by atoms with Crippen molar-refractivity contribution >= 4 is 5.91 Å². The van der Waals surface area contributed by atoms with E-state index < -0.39 is 0 Å². The van der Waals surface area contributed by atoms with Crippen molar-refractivity contribution in [1.82, 2.24) is 15.1 Å². The number of carbonyl (C=O) groups excluding carboxylic acids is 1. The van der Waals surface area contributed by atoms with Gasteiger partial charge in [0.05, 0.1) is 11.8 Å². The zero-order chi connectivity index (χ0) is 14.4. The Hall–Kier alpha value is -2.58. The first-order valence-corrected chi connectivity index (χ1v) is 6.14. The van der Waals surface area contributed by atoms with Crippen LogP contribution in [-0.2, 0) is 13.6 Å². The molecule has 1 heterocycles. The zero-order valence-electron chi connectivity index (χ0n) is 11.1. The van der Waals surface area contributed by atoms with E-state index in [9.17, 15) is 4.79 Å². The maximum Gasteiger partial charge on any atom is 0.254 e. The fraction of sp³-hybridized carbons (Fsp3) is 0.200. The van der Waals surface area contributed by atoms with Crippen molar-refractivity contribution in [3.63, 3.8) is 0 Å². The van der Waals surface area contributed by atoms with E-state index in [1.54, 1.807) is 17.9 Å². The Morgan fingerprint density at radius 3 is 2.75 bits per heavy atom. The third kappa shape index (κ3) is 3.70. The molecule has 0 aliphatic heterocycles. The standard InChI is InChI=1S/C15H15N3O2/c1-18-11-14(10-17-18)15(20)16-9-13-6-4-12(5-7-13)3-2-8-19/h4-7,10-11,19H,8-9H2,1H3,(H,16,20). The number of rotatable bonds is 3. The number of carbonyl (C=O) groups is 1. The number of aliphatic hydroxyl groups excluding tert-OH is 1. The largest absolute Gasteiger partial charge is 0.384 e. The van der Waals surface area contributed by atoms with Gasteiger partial charge in [0.1, 0.15) is 6.61 Å². The minimum atomic E-state index is -0.151. The van der Waals surface area contributed by atoms with Crippen LogP contribution in [0.25, 0.3) is 0 Å². The van der Waals surface area contributed by atoms with Crippen molar-refractivity contribution in [1.29, 1.82) is 0 Å². The van der Waals surface area contributed by atoms with Gasteiger partial charge in [0.15, 0.2) is 0 Å². The predicted molar refractivity (Wildman–Crippen MR) is 74.8 cm³/mol. The molecule has 0 bridgehead atoms. The summed E-state index contributed by atoms with van der Waals surface area (Å²) in [6.07, 6.45) is 3.20. The van der Waals surface area contributed by atoms with Gasteiger partial charge in [-0.15, -0.1) is 0 Å². The van der Waals surface area contributed by atoms with Gasteiger partial charge in [0.25, 0.3) is 5.91 Å². The average Bonchev–Trinajstić information content (AvgIpc) is 2.90. The van der Waals surface area contributed by atoms with E-state index in [1.807, 2.05) is 24.3 Å². The topological polar surface area (TPSA) is 67.2 Å². The molecule has 1 aromatic heterocycles. The molecule has 102 valence electrons. The van der Waals surface area contributed by atoms with Gasteiger partial charge >= 0.3 is 0 Å². The molecule has 0 atom stereocenters. The molecule has 0 spiro atoms. The molecule has 0 saturated heterocycles. The molecule has 2 rings (SSSR count). The third-order valence-electron chi connectivity index (χ3n) is 2.69. The van der Waals surface area contributed by atoms with Gasteiger partial charge < -0.3 is 10.4 Å². The van der Waals surface area contributed by atoms with Crippen molar-refractivity contribution in [2.24, 2.45) is 7.05 Å². The number of aryl methyl sites for hydroxylation is 1. The molecule has 0 radical (unpaired) electrons. The van der Waals surface area contributed by atoms with E-state index in [0.29, 0.717) is 12.1 Å². The minimum absolute atomic E-state index is 0.150. The van der Waals surface area contributed by atoms with E-state index in [0.717, 1.165) is 11.1 Å². The summed E-state index contributed by atoms with van der Waals surface area (Å²) in [5.74, 6) is 5.25. The second kappa shape index (κ2) is 6.55. The lowest BCUT2D eigenvalue weighted by Gasteiger charge is -2.03. The molecular formula is C15H15N3O2. The quantitative estimate of drug-likeness (QED) is 0.806. The first-order valence-electron chi connectivity index (χ1n) is 6.14. The van der Waals surface area contributed by atoms with E-state index in [1.165, 1.54) is 6.20 Å². The normalized spacial score (nSPS) is 9.70. The summed E-state index contributed by atoms with van der Waals surface area (Å²) in [5, 5.41) is 15.4. The average molecular weight is 269 g/mol. The molecule has 1 amide bonds. The molecule has 5 heteroatoms. The number of aromatic nitrogens is 2. The Bertz CT molecular complexity index is 648. The van der Waals surface area contributed by atoms with Crippen molar-refractivity contribution < 1.29 is 9.90 Å². The lowest BCUT2D eigenvalue weighted by Crippen LogP contribution is -2.22. The van der Waals surface area contributed by atoms with Crippen LogP contribution in [0.5, 0.6) is 0 Å². The van der Waals surface area contributed by atoms with Crippen molar-refractivity contribution in [2.75, 3.05) is 6.61 Å². The molecule has 5 nitrogen and oxygen atoms in total. The number of benzene rings is 1. The maximum atomic E-state index is 11.8. The van der Waals surface area contributed by atoms with Crippen LogP contribution < -0.4 is 5.32 Å². The summed E-state index contributed by atoms with van der Waals surface area (Å²) in [5.41, 5.74) is 2.36. The summed E-state index contributed by atoms with van der Waals surface area (Å²) < 4.78 is 1.59. The Kier molecular flexibility index (Phi) is 4.53. The Morgan fingerprint density at radius 2 is 2.15 bits per heavy atom. The SMILES string of the molecule is Cn1cc(C(=O)NCc2ccc(C#CCO)cc2)cn1. The summed E-state index contributed by atoms with van der Waals surface area (Å²) in [4.78, 5) is 11.8. The number of nitrogens with one attached hydrogen (secondary N) is 1. The number of hydrogen-bond donors (Lipinski definition) is 2. The van der Waals surface area contributed by atoms with Gasteiger partial charge in [-0.3, -0.25) is 9.48 Å². The number of nitrogens with zero attached hydrogens (tertiary/aromatic N) is 2. The molecule has 0 fully saturated rings. The molecule has 0 aliphatic rings. The second-order valence-corrected chi connectivity index (χ2v) is 4.24. The van der Waals surface area contributed by atoms with Crippen LogP contribution in [0.3, 0.4) is 0 Å². The van der Waals surface area contributed by atoms with Crippen LogP contribution in [0.15, 0.2) is 36.7 Å². The second-order valence-electron chi connectivity index (χ2n) is 4.24. The molecule has 1 aromatic carbocycles. The molecular weight excluding hydrogens is 254 g/mol. The van der Waals surface area contributed by atoms with Gasteiger partial charge in [-0.1, -0.05) is 24.0 Å². The fourth-order valence-electron chi connectivity index (χ4n) is 1.67. The lowest BCUT2D eigenvalue weighted by molar-refractivity contribution is 0.0951. The van der Waals surface area contributed by atoms with Crippen molar-refractivity contribution in [3.8, 4) is 11.8 Å². The van der Waals surface area contributed by atoms with Gasteiger partial charge in [-0.25, -0.2) is 0 Å². The van der Waals surface area contributed by atoms with Gasteiger partial charge in [0, 0.05) is 25.4 Å². The summed E-state index contributed by atoms with van der Waals surface area (Å²) in [6.45, 7) is 0.296. The molecule has 0 aliphatic carbocycles. The first kappa shape index (κ1) is 13.8. The van der Waals surface area contributed by atoms with Crippen molar-refractivity contribution in [3.05, 3.63) is 53.3 Å². The Morgan fingerprint density at radius 1 is 1.40 bits per heavy atom. The van der Waals surface area contributed by atoms with Gasteiger partial charge in [-0.05, 0) is 17.7 Å². The molecule has 0 unspecified atom stereocenters. The molecule has 2 aromatic rings. The van der Waals surface area contributed by atoms with Crippen molar-refractivity contribution in [2.45, 2.75) is 6.54 Å². The monoisotopic (exact) mass is 269 g/mol. The third-order valence-corrected chi connectivity index (χ3v) is 2.69. The van der Waals surface area contributed by atoms with E-state index >= 15 is 0 Å². The molecule has 20 heavy (non-hydrogen) atoms. The van der Waals surface area contributed by atoms with Crippen LogP contribution in [-0.4, -0.2) is 27.4 Å². The molecule has 2 N–H and O–H groups in total. The smallest absolute Gasteiger partial charge is 0.254 e. The lowest BCUT2D eigenvalue weighted by atomic mass is 10.1. The van der Waals surface area contributed by atoms with E-state index in [4.69, 9.17) is 5.11 Å². The molecule has 0 saturated carbocycles. The highest BCUT2D eigenvalue weighted by atomic mass is 16.2. The highest BCUT2D eigenvalue weighted by Crippen LogP contribution is 2.04. The van der Waals surface area contributed by atoms with Crippen LogP contribution in [0, 0.1) is 11.8 Å². The number of amides is 1. The Balaban J connectivity index is 1.92. The van der Waals surface area contributed by atoms with Crippen LogP contribution in [0.2, 0.25) is 0 Å². The zero-order valence-corrected chi connectivity index (χ0v) is 11.1. The highest BCUT2D eigenvalue weighted by Gasteiger charge is 2.06.